The first-order valence-corrected chi connectivity index (χ1v) is 38.6. The number of benzene rings is 6. The van der Waals surface area contributed by atoms with Crippen LogP contribution >= 0.6 is 0 Å². The van der Waals surface area contributed by atoms with Gasteiger partial charge >= 0.3 is 36.2 Å². The van der Waals surface area contributed by atoms with E-state index in [9.17, 15) is 43.5 Å². The van der Waals surface area contributed by atoms with Crippen LogP contribution in [0.25, 0.3) is 66.8 Å². The summed E-state index contributed by atoms with van der Waals surface area (Å²) in [7, 11) is 22.4. The highest BCUT2D eigenvalue weighted by molar-refractivity contribution is 6.06. The van der Waals surface area contributed by atoms with Gasteiger partial charge in [-0.2, -0.15) is 19.2 Å². The number of aryl methyl sites for hydroxylation is 2. The third-order valence-corrected chi connectivity index (χ3v) is 19.9. The molecule has 3 heterocycles. The predicted octanol–water partition coefficient (Wildman–Crippen LogP) is 6.90. The van der Waals surface area contributed by atoms with E-state index in [1.807, 2.05) is 56.4 Å². The Morgan fingerprint density at radius 1 is 0.568 bits per heavy atom. The number of hydrogen-bond acceptors (Lipinski definition) is 25. The van der Waals surface area contributed by atoms with Crippen molar-refractivity contribution in [3.05, 3.63) is 119 Å². The van der Waals surface area contributed by atoms with Crippen LogP contribution in [0.15, 0.2) is 106 Å². The predicted molar refractivity (Wildman–Crippen MR) is 444 cm³/mol. The minimum atomic E-state index is -1.30. The van der Waals surface area contributed by atoms with Crippen molar-refractivity contribution < 1.29 is 101 Å². The van der Waals surface area contributed by atoms with Gasteiger partial charge in [0.1, 0.15) is 68.4 Å². The Balaban J connectivity index is 0.000000341. The zero-order valence-electron chi connectivity index (χ0n) is 70.3. The van der Waals surface area contributed by atoms with Crippen molar-refractivity contribution in [2.24, 2.45) is 5.73 Å². The van der Waals surface area contributed by atoms with Gasteiger partial charge in [-0.05, 0) is 153 Å². The van der Waals surface area contributed by atoms with Crippen molar-refractivity contribution in [3.63, 3.8) is 0 Å². The van der Waals surface area contributed by atoms with Gasteiger partial charge in [-0.25, -0.2) is 13.9 Å². The molecule has 3 aliphatic heterocycles. The van der Waals surface area contributed by atoms with Crippen LogP contribution < -0.4 is 65.1 Å². The number of anilines is 4. The van der Waals surface area contributed by atoms with Gasteiger partial charge in [0.2, 0.25) is 16.6 Å². The zero-order chi connectivity index (χ0) is 87.8. The van der Waals surface area contributed by atoms with Gasteiger partial charge in [-0.1, -0.05) is 6.42 Å². The Bertz CT molecular complexity index is 4950. The standard InChI is InChI=1S/C40H53N5O7.C35H41N4O6.C9H18N2O4.2CO2/c1-9-45(20-12-14-37(46)41-19-11-10-13-32(40(49)50)44(7)25-38(47)48)33-24-34(51-8)31(21-26(33)2)39-29-17-15-27(42(3)4)22-35(29)52-36-23-28(43(5)6)16-18-30(36)39;1-8-38(17-9-10-34(42)45-39-32(40)15-16-33(39)41)28-21-29(43-7)27(18-22(28)2)35-25-13-11-23(36(3)4)19-30(25)44-31-20-24(37(5)6)12-14-26(31)35;1-11(6-8(12)13)7(9(14)15)4-2-3-5-10;2*2-1-3/h15-18,21-24,32H,9-14,19-20,25H2,1-8H3,(H2-,41,46,47,48,49,50);11-14,18-21H,8-10,15-17H2,1-7H3;7H,2-6,10H2,1H3,(H,12,13)(H,14,15);;/q;+1;;;. The number of amides is 3. The summed E-state index contributed by atoms with van der Waals surface area (Å²) in [6, 6.07) is 31.8. The number of unbranched alkanes of at least 4 members (excludes halogenated alkanes) is 2. The van der Waals surface area contributed by atoms with Crippen molar-refractivity contribution in [3.8, 4) is 56.4 Å². The average molecular weight is 1640 g/mol. The van der Waals surface area contributed by atoms with Gasteiger partial charge in [-0.3, -0.25) is 38.6 Å². The maximum absolute atomic E-state index is 12.6. The fraction of sp³-hybridized carbons (Fsp3) is 0.442. The second kappa shape index (κ2) is 47.0. The molecule has 2 atom stereocenters. The lowest BCUT2D eigenvalue weighted by Crippen LogP contribution is -2.48. The largest absolute Gasteiger partial charge is 0.548 e. The summed E-state index contributed by atoms with van der Waals surface area (Å²) in [4.78, 5) is 141. The maximum Gasteiger partial charge on any atom is 0.373 e. The van der Waals surface area contributed by atoms with Crippen LogP contribution in [0.1, 0.15) is 102 Å². The lowest BCUT2D eigenvalue weighted by molar-refractivity contribution is -0.311. The Kier molecular flexibility index (Phi) is 38.3. The zero-order valence-corrected chi connectivity index (χ0v) is 70.3. The third-order valence-electron chi connectivity index (χ3n) is 19.9. The number of nitrogens with two attached hydrogens (primary N) is 1. The van der Waals surface area contributed by atoms with E-state index in [0.29, 0.717) is 82.7 Å². The summed E-state index contributed by atoms with van der Waals surface area (Å²) in [5.74, 6) is -3.00. The molecule has 4 aromatic carbocycles. The lowest BCUT2D eigenvalue weighted by Gasteiger charge is -2.27. The molecule has 1 saturated heterocycles. The van der Waals surface area contributed by atoms with Crippen LogP contribution in [-0.4, -0.2) is 239 Å². The minimum Gasteiger partial charge on any atom is -0.548 e. The SMILES string of the molecule is CCN(CCCC(=O)NCCCCC(C(=O)[O-])N(C)CC(=O)O)c1cc(OC)c(-c2c3ccc(=[N+](C)C)cc-3oc3cc(N(C)C)ccc23)cc1C.CCN(CCCC(=O)ON1C(=O)CCC1=O)c1cc(OC)c(-c2c3ccc(=[N+](C)C)cc-3oc3cc(N(C)C)ccc23)cc1C.CN(CC(=O)O)C(CCCCN)C(=O)O.O=C=O.O=C=O. The molecule has 32 heteroatoms. The summed E-state index contributed by atoms with van der Waals surface area (Å²) in [6.45, 7) is 11.3. The molecule has 3 amide bonds. The molecule has 636 valence electrons. The molecule has 5 aliphatic rings. The van der Waals surface area contributed by atoms with E-state index < -0.39 is 53.7 Å². The molecule has 0 radical (unpaired) electrons. The number of imide groups is 1. The number of rotatable bonds is 36. The number of ether oxygens (including phenoxy) is 2. The van der Waals surface area contributed by atoms with E-state index >= 15 is 0 Å². The molecule has 0 saturated carbocycles. The number of hydroxylamine groups is 2. The number of fused-ring (bicyclic) bond motifs is 4. The molecule has 6 N–H and O–H groups in total. The molecule has 0 spiro atoms. The number of hydrogen-bond donors (Lipinski definition) is 5. The number of nitrogens with zero attached hydrogens (tertiary/aromatic N) is 9. The second-order valence-corrected chi connectivity index (χ2v) is 28.9. The van der Waals surface area contributed by atoms with E-state index in [0.717, 1.165) is 136 Å². The smallest absolute Gasteiger partial charge is 0.373 e. The molecule has 1 fully saturated rings. The van der Waals surface area contributed by atoms with Crippen LogP contribution in [-0.2, 0) is 62.4 Å². The van der Waals surface area contributed by atoms with Gasteiger partial charge in [-0.15, -0.1) is 5.06 Å². The number of carbonyl (C=O) groups excluding carboxylic acids is 9. The number of nitrogens with one attached hydrogen (secondary N) is 1. The van der Waals surface area contributed by atoms with Gasteiger partial charge < -0.3 is 79.0 Å². The van der Waals surface area contributed by atoms with Gasteiger partial charge in [0.15, 0.2) is 0 Å². The monoisotopic (exact) mass is 1630 g/mol. The van der Waals surface area contributed by atoms with Crippen molar-refractivity contribution >= 4 is 105 Å². The van der Waals surface area contributed by atoms with Gasteiger partial charge in [0.05, 0.1) is 45.4 Å². The number of carboxylic acids is 4. The molecule has 2 aliphatic carbocycles. The Labute approximate surface area is 686 Å². The minimum absolute atomic E-state index is 0.0664. The summed E-state index contributed by atoms with van der Waals surface area (Å²) in [5, 5.41) is 45.4. The van der Waals surface area contributed by atoms with E-state index in [1.165, 1.54) is 23.9 Å². The average Bonchev–Trinajstić information content (AvgIpc) is 1.02. The lowest BCUT2D eigenvalue weighted by atomic mass is 9.91. The Morgan fingerprint density at radius 2 is 0.983 bits per heavy atom. The first-order chi connectivity index (χ1) is 56.1. The van der Waals surface area contributed by atoms with Gasteiger partial charge in [0.25, 0.3) is 11.8 Å². The topological polar surface area (TPSA) is 409 Å². The van der Waals surface area contributed by atoms with E-state index in [4.69, 9.17) is 63.4 Å². The molecule has 4 aromatic rings. The Hall–Kier alpha value is -12.3. The highest BCUT2D eigenvalue weighted by Gasteiger charge is 2.33. The van der Waals surface area contributed by atoms with Crippen molar-refractivity contribution in [1.82, 2.24) is 29.3 Å². The number of likely N-dealkylation sites (N-methyl/N-ethyl adjacent to an activating group) is 2. The molecule has 2 unspecified atom stereocenters. The normalized spacial score (nSPS) is 12.0. The highest BCUT2D eigenvalue weighted by Crippen LogP contribution is 2.48. The van der Waals surface area contributed by atoms with Crippen LogP contribution in [0.3, 0.4) is 0 Å². The van der Waals surface area contributed by atoms with Crippen LogP contribution in [0.4, 0.5) is 22.7 Å². The fourth-order valence-electron chi connectivity index (χ4n) is 13.7. The summed E-state index contributed by atoms with van der Waals surface area (Å²) >= 11 is 0. The Morgan fingerprint density at radius 3 is 1.36 bits per heavy atom. The third kappa shape index (κ3) is 26.9. The van der Waals surface area contributed by atoms with Crippen molar-refractivity contribution in [2.45, 2.75) is 117 Å². The van der Waals surface area contributed by atoms with Gasteiger partial charge in [0, 0.05) is 196 Å². The first kappa shape index (κ1) is 96.2. The molecule has 118 heavy (non-hydrogen) atoms. The molecule has 9 rings (SSSR count). The van der Waals surface area contributed by atoms with E-state index in [-0.39, 0.29) is 57.0 Å². The van der Waals surface area contributed by atoms with Crippen LogP contribution in [0, 0.1) is 13.8 Å². The number of carboxylic acid groups (broad SMARTS) is 4. The first-order valence-electron chi connectivity index (χ1n) is 38.6. The molecule has 0 aromatic heterocycles. The quantitative estimate of drug-likeness (QED) is 0.0115. The molecular weight excluding hydrogens is 1520 g/mol. The highest BCUT2D eigenvalue weighted by atomic mass is 16.7. The van der Waals surface area contributed by atoms with E-state index in [1.54, 1.807) is 14.2 Å². The van der Waals surface area contributed by atoms with Crippen LogP contribution in [0.2, 0.25) is 0 Å². The number of carbonyl (C=O) groups is 8. The van der Waals surface area contributed by atoms with Crippen LogP contribution in [0.5, 0.6) is 11.5 Å². The molecule has 0 bridgehead atoms. The van der Waals surface area contributed by atoms with Crippen molar-refractivity contribution in [1.29, 1.82) is 0 Å². The molecular formula is C86H112N11O21+. The van der Waals surface area contributed by atoms with E-state index in [2.05, 4.69) is 159 Å². The summed E-state index contributed by atoms with van der Waals surface area (Å²) in [5.41, 5.74) is 19.1. The fourth-order valence-corrected chi connectivity index (χ4v) is 13.7. The number of aliphatic carboxylic acids is 4. The maximum atomic E-state index is 12.6. The molecule has 32 nitrogen and oxygen atoms in total. The summed E-state index contributed by atoms with van der Waals surface area (Å²) < 4.78 is 29.3. The van der Waals surface area contributed by atoms with Crippen molar-refractivity contribution in [2.75, 3.05) is 157 Å². The second-order valence-electron chi connectivity index (χ2n) is 28.9. The summed E-state index contributed by atoms with van der Waals surface area (Å²) in [6.07, 6.45) is 5.43. The number of methoxy groups -OCH3 is 2.